The summed E-state index contributed by atoms with van der Waals surface area (Å²) < 4.78 is 16.8. The molecule has 0 aliphatic heterocycles. The van der Waals surface area contributed by atoms with Crippen molar-refractivity contribution in [3.05, 3.63) is 0 Å². The maximum absolute atomic E-state index is 12.8. The number of unbranched alkanes of at least 4 members (excludes halogenated alkanes) is 48. The fraction of sp³-hybridized carbons (Fsp3) is 0.952. The van der Waals surface area contributed by atoms with Gasteiger partial charge in [0, 0.05) is 19.3 Å². The van der Waals surface area contributed by atoms with Crippen LogP contribution in [-0.4, -0.2) is 37.2 Å². The lowest BCUT2D eigenvalue weighted by atomic mass is 10.0. The zero-order valence-corrected chi connectivity index (χ0v) is 47.1. The van der Waals surface area contributed by atoms with Crippen LogP contribution in [0.1, 0.15) is 367 Å². The molecule has 0 aliphatic rings. The van der Waals surface area contributed by atoms with Crippen LogP contribution in [0.4, 0.5) is 0 Å². The average molecular weight is 976 g/mol. The minimum atomic E-state index is -0.760. The van der Waals surface area contributed by atoms with Gasteiger partial charge in [-0.15, -0.1) is 0 Å². The Labute approximate surface area is 431 Å². The third-order valence-electron chi connectivity index (χ3n) is 14.6. The van der Waals surface area contributed by atoms with E-state index < -0.39 is 6.10 Å². The molecule has 0 saturated carbocycles. The molecule has 410 valence electrons. The van der Waals surface area contributed by atoms with Crippen molar-refractivity contribution in [2.24, 2.45) is 0 Å². The third kappa shape index (κ3) is 57.2. The summed E-state index contributed by atoms with van der Waals surface area (Å²) in [5, 5.41) is 0. The van der Waals surface area contributed by atoms with Gasteiger partial charge >= 0.3 is 17.9 Å². The summed E-state index contributed by atoms with van der Waals surface area (Å²) in [6, 6.07) is 0. The molecule has 0 bridgehead atoms. The number of rotatable bonds is 59. The van der Waals surface area contributed by atoms with Gasteiger partial charge in [0.2, 0.25) is 0 Å². The Hall–Kier alpha value is -1.59. The van der Waals surface area contributed by atoms with Gasteiger partial charge in [0.05, 0.1) is 0 Å². The topological polar surface area (TPSA) is 78.9 Å². The molecule has 0 heterocycles. The molecule has 0 fully saturated rings. The molecule has 1 unspecified atom stereocenters. The molecule has 0 radical (unpaired) electrons. The molecule has 0 N–H and O–H groups in total. The number of carbonyl (C=O) groups is 3. The zero-order chi connectivity index (χ0) is 50.0. The Morgan fingerprint density at radius 1 is 0.232 bits per heavy atom. The predicted octanol–water partition coefficient (Wildman–Crippen LogP) is 21.1. The molecule has 1 atom stereocenters. The highest BCUT2D eigenvalue weighted by atomic mass is 16.6. The second kappa shape index (κ2) is 59.0. The first kappa shape index (κ1) is 67.4. The second-order valence-electron chi connectivity index (χ2n) is 21.7. The van der Waals surface area contributed by atoms with Crippen LogP contribution in [-0.2, 0) is 28.6 Å². The van der Waals surface area contributed by atoms with Crippen molar-refractivity contribution in [3.8, 4) is 0 Å². The third-order valence-corrected chi connectivity index (χ3v) is 14.6. The van der Waals surface area contributed by atoms with Crippen LogP contribution in [0.25, 0.3) is 0 Å². The van der Waals surface area contributed by atoms with Crippen molar-refractivity contribution in [1.82, 2.24) is 0 Å². The predicted molar refractivity (Wildman–Crippen MR) is 298 cm³/mol. The van der Waals surface area contributed by atoms with Crippen molar-refractivity contribution in [2.75, 3.05) is 13.2 Å². The van der Waals surface area contributed by atoms with Crippen molar-refractivity contribution in [3.63, 3.8) is 0 Å². The number of hydrogen-bond donors (Lipinski definition) is 0. The van der Waals surface area contributed by atoms with Crippen LogP contribution < -0.4 is 0 Å². The number of ether oxygens (including phenoxy) is 3. The molecule has 0 aromatic rings. The van der Waals surface area contributed by atoms with Crippen LogP contribution in [0.5, 0.6) is 0 Å². The molecular formula is C63H122O6. The summed E-state index contributed by atoms with van der Waals surface area (Å²) in [6.45, 7) is 6.67. The fourth-order valence-corrected chi connectivity index (χ4v) is 9.86. The van der Waals surface area contributed by atoms with E-state index in [9.17, 15) is 14.4 Å². The summed E-state index contributed by atoms with van der Waals surface area (Å²) in [6.07, 6.45) is 67.2. The monoisotopic (exact) mass is 975 g/mol. The lowest BCUT2D eigenvalue weighted by molar-refractivity contribution is -0.167. The van der Waals surface area contributed by atoms with Crippen LogP contribution in [0, 0.1) is 0 Å². The van der Waals surface area contributed by atoms with Crippen molar-refractivity contribution in [2.45, 2.75) is 374 Å². The van der Waals surface area contributed by atoms with Gasteiger partial charge < -0.3 is 14.2 Å². The van der Waals surface area contributed by atoms with Crippen LogP contribution >= 0.6 is 0 Å². The molecule has 6 heteroatoms. The summed E-state index contributed by atoms with van der Waals surface area (Å²) in [4.78, 5) is 38.0. The molecule has 69 heavy (non-hydrogen) atoms. The maximum Gasteiger partial charge on any atom is 0.306 e. The summed E-state index contributed by atoms with van der Waals surface area (Å²) in [5.74, 6) is -0.840. The highest BCUT2D eigenvalue weighted by molar-refractivity contribution is 5.71. The normalized spacial score (nSPS) is 11.9. The lowest BCUT2D eigenvalue weighted by Gasteiger charge is -2.18. The van der Waals surface area contributed by atoms with Crippen molar-refractivity contribution < 1.29 is 28.6 Å². The molecule has 6 nitrogen and oxygen atoms in total. The Bertz CT molecular complexity index is 1030. The number of carbonyl (C=O) groups excluding carboxylic acids is 3. The minimum Gasteiger partial charge on any atom is -0.462 e. The van der Waals surface area contributed by atoms with E-state index in [4.69, 9.17) is 14.2 Å². The number of hydrogen-bond acceptors (Lipinski definition) is 6. The van der Waals surface area contributed by atoms with E-state index in [-0.39, 0.29) is 31.1 Å². The van der Waals surface area contributed by atoms with E-state index in [0.29, 0.717) is 19.3 Å². The Balaban J connectivity index is 3.99. The van der Waals surface area contributed by atoms with Crippen LogP contribution in [0.3, 0.4) is 0 Å². The SMILES string of the molecule is CCCCCCCCCCCCCCCCCCCCCCCCCCCCCCC(=O)OCC(COC(=O)CCCCCCCCC)OC(=O)CCCCCCCCCCCCCCCCCC. The van der Waals surface area contributed by atoms with E-state index in [0.717, 1.165) is 57.8 Å². The lowest BCUT2D eigenvalue weighted by Crippen LogP contribution is -2.30. The Morgan fingerprint density at radius 2 is 0.391 bits per heavy atom. The quantitative estimate of drug-likeness (QED) is 0.0343. The molecule has 0 spiro atoms. The molecule has 0 aromatic carbocycles. The largest absolute Gasteiger partial charge is 0.462 e. The molecule has 0 rings (SSSR count). The van der Waals surface area contributed by atoms with Gasteiger partial charge in [0.15, 0.2) is 6.10 Å². The van der Waals surface area contributed by atoms with E-state index in [1.54, 1.807) is 0 Å². The van der Waals surface area contributed by atoms with E-state index >= 15 is 0 Å². The maximum atomic E-state index is 12.8. The van der Waals surface area contributed by atoms with Crippen molar-refractivity contribution >= 4 is 17.9 Å². The fourth-order valence-electron chi connectivity index (χ4n) is 9.86. The standard InChI is InChI=1S/C63H122O6/c1-4-7-10-13-16-18-20-22-24-26-27-28-29-30-31-32-33-34-35-36-37-39-40-42-44-47-50-53-56-62(65)68-59-60(58-67-61(64)55-52-49-46-15-12-9-6-3)69-63(66)57-54-51-48-45-43-41-38-25-23-21-19-17-14-11-8-5-2/h60H,4-59H2,1-3H3. The van der Waals surface area contributed by atoms with Crippen LogP contribution in [0.15, 0.2) is 0 Å². The van der Waals surface area contributed by atoms with Gasteiger partial charge in [0.1, 0.15) is 13.2 Å². The Morgan fingerprint density at radius 3 is 0.580 bits per heavy atom. The first-order valence-electron chi connectivity index (χ1n) is 31.5. The van der Waals surface area contributed by atoms with Gasteiger partial charge in [-0.1, -0.05) is 329 Å². The Kier molecular flexibility index (Phi) is 57.6. The van der Waals surface area contributed by atoms with Gasteiger partial charge in [-0.05, 0) is 19.3 Å². The second-order valence-corrected chi connectivity index (χ2v) is 21.7. The molecule has 0 aromatic heterocycles. The highest BCUT2D eigenvalue weighted by Crippen LogP contribution is 2.19. The smallest absolute Gasteiger partial charge is 0.306 e. The number of esters is 3. The molecule has 0 aliphatic carbocycles. The molecular weight excluding hydrogens is 853 g/mol. The van der Waals surface area contributed by atoms with Gasteiger partial charge in [0.25, 0.3) is 0 Å². The van der Waals surface area contributed by atoms with Gasteiger partial charge in [-0.25, -0.2) is 0 Å². The van der Waals surface area contributed by atoms with E-state index in [1.807, 2.05) is 0 Å². The van der Waals surface area contributed by atoms with Crippen molar-refractivity contribution in [1.29, 1.82) is 0 Å². The molecule has 0 saturated heterocycles. The van der Waals surface area contributed by atoms with Crippen LogP contribution in [0.2, 0.25) is 0 Å². The van der Waals surface area contributed by atoms with Gasteiger partial charge in [-0.2, -0.15) is 0 Å². The first-order valence-corrected chi connectivity index (χ1v) is 31.5. The van der Waals surface area contributed by atoms with E-state index in [1.165, 1.54) is 270 Å². The summed E-state index contributed by atoms with van der Waals surface area (Å²) >= 11 is 0. The molecule has 0 amide bonds. The first-order chi connectivity index (χ1) is 34.0. The minimum absolute atomic E-state index is 0.0617. The average Bonchev–Trinajstić information content (AvgIpc) is 3.35. The van der Waals surface area contributed by atoms with E-state index in [2.05, 4.69) is 20.8 Å². The zero-order valence-electron chi connectivity index (χ0n) is 47.1. The summed E-state index contributed by atoms with van der Waals surface area (Å²) in [7, 11) is 0. The summed E-state index contributed by atoms with van der Waals surface area (Å²) in [5.41, 5.74) is 0. The van der Waals surface area contributed by atoms with Gasteiger partial charge in [-0.3, -0.25) is 14.4 Å². The highest BCUT2D eigenvalue weighted by Gasteiger charge is 2.19.